The molecule has 116 valence electrons. The molecule has 0 aliphatic carbocycles. The minimum Gasteiger partial charge on any atom is -0.496 e. The summed E-state index contributed by atoms with van der Waals surface area (Å²) in [7, 11) is 1.43. The van der Waals surface area contributed by atoms with Gasteiger partial charge in [0, 0.05) is 11.3 Å². The molecule has 2 aromatic rings. The van der Waals surface area contributed by atoms with E-state index in [1.807, 2.05) is 13.8 Å². The van der Waals surface area contributed by atoms with E-state index in [2.05, 4.69) is 0 Å². The molecule has 4 heteroatoms. The Balaban J connectivity index is 2.56. The molecule has 0 bridgehead atoms. The molecule has 0 radical (unpaired) electrons. The van der Waals surface area contributed by atoms with Crippen molar-refractivity contribution in [2.24, 2.45) is 0 Å². The fourth-order valence-corrected chi connectivity index (χ4v) is 2.41. The van der Waals surface area contributed by atoms with E-state index in [4.69, 9.17) is 10.5 Å². The van der Waals surface area contributed by atoms with Crippen molar-refractivity contribution in [2.45, 2.75) is 26.7 Å². The number of rotatable bonds is 5. The number of ether oxygens (including phenoxy) is 1. The molecule has 2 rings (SSSR count). The number of nitrogens with two attached hydrogens (primary N) is 1. The van der Waals surface area contributed by atoms with Crippen LogP contribution in [-0.2, 0) is 6.42 Å². The highest BCUT2D eigenvalue weighted by atomic mass is 19.1. The minimum atomic E-state index is -0.499. The van der Waals surface area contributed by atoms with Gasteiger partial charge >= 0.3 is 0 Å². The van der Waals surface area contributed by atoms with Gasteiger partial charge in [0.05, 0.1) is 7.11 Å². The Morgan fingerprint density at radius 3 is 2.59 bits per heavy atom. The molecule has 0 heterocycles. The highest BCUT2D eigenvalue weighted by molar-refractivity contribution is 6.11. The summed E-state index contributed by atoms with van der Waals surface area (Å²) in [6, 6.07) is 8.25. The van der Waals surface area contributed by atoms with E-state index in [0.29, 0.717) is 23.2 Å². The summed E-state index contributed by atoms with van der Waals surface area (Å²) in [5, 5.41) is 0. The second kappa shape index (κ2) is 6.60. The Bertz CT molecular complexity index is 710. The van der Waals surface area contributed by atoms with Gasteiger partial charge in [0.15, 0.2) is 5.78 Å². The van der Waals surface area contributed by atoms with Crippen LogP contribution in [0.2, 0.25) is 0 Å². The van der Waals surface area contributed by atoms with Crippen molar-refractivity contribution in [3.8, 4) is 5.75 Å². The maximum atomic E-state index is 14.7. The molecular formula is C18H20FNO2. The fraction of sp³-hybridized carbons (Fsp3) is 0.278. The van der Waals surface area contributed by atoms with Crippen molar-refractivity contribution in [3.05, 3.63) is 58.4 Å². The number of carbonyl (C=O) groups is 1. The topological polar surface area (TPSA) is 52.3 Å². The van der Waals surface area contributed by atoms with Crippen LogP contribution in [-0.4, -0.2) is 12.9 Å². The first kappa shape index (κ1) is 16.0. The zero-order valence-electron chi connectivity index (χ0n) is 13.1. The summed E-state index contributed by atoms with van der Waals surface area (Å²) in [4.78, 5) is 12.7. The fourth-order valence-electron chi connectivity index (χ4n) is 2.41. The van der Waals surface area contributed by atoms with Gasteiger partial charge in [0.1, 0.15) is 17.1 Å². The second-order valence-corrected chi connectivity index (χ2v) is 5.27. The molecule has 22 heavy (non-hydrogen) atoms. The zero-order valence-corrected chi connectivity index (χ0v) is 13.1. The zero-order chi connectivity index (χ0) is 16.3. The van der Waals surface area contributed by atoms with E-state index < -0.39 is 11.6 Å². The van der Waals surface area contributed by atoms with Gasteiger partial charge in [-0.15, -0.1) is 0 Å². The van der Waals surface area contributed by atoms with Crippen LogP contribution in [0.5, 0.6) is 5.75 Å². The molecule has 2 aromatic carbocycles. The summed E-state index contributed by atoms with van der Waals surface area (Å²) in [5.74, 6) is -0.645. The molecule has 0 fully saturated rings. The lowest BCUT2D eigenvalue weighted by Gasteiger charge is -2.12. The lowest BCUT2D eigenvalue weighted by atomic mass is 9.96. The number of halogens is 1. The summed E-state index contributed by atoms with van der Waals surface area (Å²) >= 11 is 0. The number of carbonyl (C=O) groups excluding carboxylic acids is 1. The molecule has 0 aliphatic heterocycles. The lowest BCUT2D eigenvalue weighted by Crippen LogP contribution is -2.10. The third-order valence-corrected chi connectivity index (χ3v) is 3.68. The van der Waals surface area contributed by atoms with Crippen molar-refractivity contribution in [2.75, 3.05) is 12.8 Å². The highest BCUT2D eigenvalue weighted by Gasteiger charge is 2.22. The standard InChI is InChI=1S/C18H20FNO2/c1-4-5-12-7-9-15(22-3)16(17(12)19)18(21)13-6-8-14(20)11(2)10-13/h6-10H,4-5,20H2,1-3H3. The number of hydrogen-bond donors (Lipinski definition) is 1. The molecule has 0 saturated carbocycles. The molecule has 0 aromatic heterocycles. The third kappa shape index (κ3) is 2.96. The van der Waals surface area contributed by atoms with Crippen LogP contribution in [0.3, 0.4) is 0 Å². The number of nitrogen functional groups attached to an aromatic ring is 1. The molecule has 0 amide bonds. The van der Waals surface area contributed by atoms with Crippen molar-refractivity contribution < 1.29 is 13.9 Å². The van der Waals surface area contributed by atoms with Crippen molar-refractivity contribution in [3.63, 3.8) is 0 Å². The Kier molecular flexibility index (Phi) is 4.81. The number of ketones is 1. The number of aryl methyl sites for hydroxylation is 2. The molecule has 0 spiro atoms. The van der Waals surface area contributed by atoms with Gasteiger partial charge < -0.3 is 10.5 Å². The molecule has 0 aliphatic rings. The Morgan fingerprint density at radius 1 is 1.27 bits per heavy atom. The van der Waals surface area contributed by atoms with Crippen LogP contribution in [0.15, 0.2) is 30.3 Å². The van der Waals surface area contributed by atoms with E-state index >= 15 is 0 Å². The monoisotopic (exact) mass is 301 g/mol. The van der Waals surface area contributed by atoms with E-state index in [1.165, 1.54) is 7.11 Å². The predicted octanol–water partition coefficient (Wildman–Crippen LogP) is 3.91. The van der Waals surface area contributed by atoms with Gasteiger partial charge in [-0.05, 0) is 48.7 Å². The predicted molar refractivity (Wildman–Crippen MR) is 86.0 cm³/mol. The molecule has 0 saturated heterocycles. The van der Waals surface area contributed by atoms with E-state index in [9.17, 15) is 9.18 Å². The Labute approximate surface area is 129 Å². The van der Waals surface area contributed by atoms with E-state index in [1.54, 1.807) is 30.3 Å². The van der Waals surface area contributed by atoms with Crippen LogP contribution < -0.4 is 10.5 Å². The second-order valence-electron chi connectivity index (χ2n) is 5.27. The Morgan fingerprint density at radius 2 is 2.00 bits per heavy atom. The summed E-state index contributed by atoms with van der Waals surface area (Å²) in [5.41, 5.74) is 8.07. The largest absolute Gasteiger partial charge is 0.496 e. The third-order valence-electron chi connectivity index (χ3n) is 3.68. The molecule has 0 atom stereocenters. The smallest absolute Gasteiger partial charge is 0.199 e. The minimum absolute atomic E-state index is 0.0161. The number of methoxy groups -OCH3 is 1. The SMILES string of the molecule is CCCc1ccc(OC)c(C(=O)c2ccc(N)c(C)c2)c1F. The maximum absolute atomic E-state index is 14.7. The quantitative estimate of drug-likeness (QED) is 0.673. The van der Waals surface area contributed by atoms with E-state index in [0.717, 1.165) is 12.0 Å². The first-order valence-electron chi connectivity index (χ1n) is 7.25. The summed E-state index contributed by atoms with van der Waals surface area (Å²) < 4.78 is 19.9. The average Bonchev–Trinajstić information content (AvgIpc) is 2.51. The van der Waals surface area contributed by atoms with Crippen molar-refractivity contribution in [1.29, 1.82) is 0 Å². The van der Waals surface area contributed by atoms with Crippen LogP contribution in [0.4, 0.5) is 10.1 Å². The number of hydrogen-bond acceptors (Lipinski definition) is 3. The molecule has 0 unspecified atom stereocenters. The van der Waals surface area contributed by atoms with Gasteiger partial charge in [-0.2, -0.15) is 0 Å². The summed E-state index contributed by atoms with van der Waals surface area (Å²) in [6.45, 7) is 3.78. The van der Waals surface area contributed by atoms with Crippen LogP contribution >= 0.6 is 0 Å². The van der Waals surface area contributed by atoms with E-state index in [-0.39, 0.29) is 11.3 Å². The maximum Gasteiger partial charge on any atom is 0.199 e. The van der Waals surface area contributed by atoms with Gasteiger partial charge in [-0.25, -0.2) is 4.39 Å². The number of anilines is 1. The first-order valence-corrected chi connectivity index (χ1v) is 7.25. The highest BCUT2D eigenvalue weighted by Crippen LogP contribution is 2.28. The average molecular weight is 301 g/mol. The van der Waals surface area contributed by atoms with Gasteiger partial charge in [0.25, 0.3) is 0 Å². The molecule has 2 N–H and O–H groups in total. The van der Waals surface area contributed by atoms with Crippen LogP contribution in [0, 0.1) is 12.7 Å². The lowest BCUT2D eigenvalue weighted by molar-refractivity contribution is 0.103. The van der Waals surface area contributed by atoms with Gasteiger partial charge in [-0.1, -0.05) is 19.4 Å². The molecule has 3 nitrogen and oxygen atoms in total. The van der Waals surface area contributed by atoms with Crippen molar-refractivity contribution in [1.82, 2.24) is 0 Å². The first-order chi connectivity index (χ1) is 10.5. The number of benzene rings is 2. The van der Waals surface area contributed by atoms with Gasteiger partial charge in [-0.3, -0.25) is 4.79 Å². The summed E-state index contributed by atoms with van der Waals surface area (Å²) in [6.07, 6.45) is 1.38. The normalized spacial score (nSPS) is 10.5. The van der Waals surface area contributed by atoms with Crippen LogP contribution in [0.1, 0.15) is 40.4 Å². The van der Waals surface area contributed by atoms with Crippen LogP contribution in [0.25, 0.3) is 0 Å². The van der Waals surface area contributed by atoms with Gasteiger partial charge in [0.2, 0.25) is 0 Å². The van der Waals surface area contributed by atoms with Crippen molar-refractivity contribution >= 4 is 11.5 Å². The Hall–Kier alpha value is -2.36. The molecular weight excluding hydrogens is 281 g/mol.